The third-order valence-corrected chi connectivity index (χ3v) is 2.62. The van der Waals surface area contributed by atoms with Gasteiger partial charge in [-0.1, -0.05) is 0 Å². The Morgan fingerprint density at radius 1 is 1.33 bits per heavy atom. The third-order valence-electron chi connectivity index (χ3n) is 2.62. The molecule has 3 amide bonds. The van der Waals surface area contributed by atoms with E-state index in [-0.39, 0.29) is 23.9 Å². The Bertz CT molecular complexity index is 504. The van der Waals surface area contributed by atoms with Gasteiger partial charge in [0, 0.05) is 13.0 Å². The van der Waals surface area contributed by atoms with E-state index in [1.54, 1.807) is 0 Å². The van der Waals surface area contributed by atoms with Crippen molar-refractivity contribution in [3.8, 4) is 0 Å². The lowest BCUT2D eigenvalue weighted by atomic mass is 10.1. The summed E-state index contributed by atoms with van der Waals surface area (Å²) in [5, 5.41) is 0. The highest BCUT2D eigenvalue weighted by atomic mass is 16.2. The number of ketones is 1. The average molecular weight is 248 g/mol. The first kappa shape index (κ1) is 12.3. The molecule has 0 N–H and O–H groups in total. The van der Waals surface area contributed by atoms with Gasteiger partial charge in [-0.15, -0.1) is 0 Å². The highest BCUT2D eigenvalue weighted by Crippen LogP contribution is 2.11. The summed E-state index contributed by atoms with van der Waals surface area (Å²) < 4.78 is 0. The molecule has 2 aliphatic rings. The van der Waals surface area contributed by atoms with Crippen LogP contribution in [0.1, 0.15) is 26.2 Å². The van der Waals surface area contributed by atoms with Crippen molar-refractivity contribution < 1.29 is 14.4 Å². The van der Waals surface area contributed by atoms with E-state index in [0.717, 1.165) is 4.90 Å². The monoisotopic (exact) mass is 248 g/mol. The molecule has 2 heterocycles. The van der Waals surface area contributed by atoms with E-state index in [1.165, 1.54) is 13.3 Å². The molecular formula is C11H12N4O3. The lowest BCUT2D eigenvalue weighted by Gasteiger charge is -2.21. The highest BCUT2D eigenvalue weighted by molar-refractivity contribution is 6.71. The molecule has 2 rings (SSSR count). The predicted molar refractivity (Wildman–Crippen MR) is 65.0 cm³/mol. The molecule has 7 nitrogen and oxygen atoms in total. The van der Waals surface area contributed by atoms with Gasteiger partial charge in [-0.05, 0) is 19.8 Å². The van der Waals surface area contributed by atoms with E-state index in [2.05, 4.69) is 15.0 Å². The number of urea groups is 1. The zero-order valence-corrected chi connectivity index (χ0v) is 9.92. The van der Waals surface area contributed by atoms with Crippen molar-refractivity contribution >= 4 is 35.6 Å². The average Bonchev–Trinajstić information content (AvgIpc) is 2.75. The Kier molecular flexibility index (Phi) is 3.40. The second kappa shape index (κ2) is 4.99. The molecule has 18 heavy (non-hydrogen) atoms. The van der Waals surface area contributed by atoms with Gasteiger partial charge in [-0.25, -0.2) is 14.8 Å². The maximum Gasteiger partial charge on any atom is 0.352 e. The van der Waals surface area contributed by atoms with Crippen LogP contribution in [0.3, 0.4) is 0 Å². The normalized spacial score (nSPS) is 17.7. The lowest BCUT2D eigenvalue weighted by molar-refractivity contribution is -0.121. The van der Waals surface area contributed by atoms with E-state index < -0.39 is 11.9 Å². The van der Waals surface area contributed by atoms with Crippen molar-refractivity contribution in [2.45, 2.75) is 26.2 Å². The quantitative estimate of drug-likeness (QED) is 0.666. The number of nitrogens with zero attached hydrogens (tertiary/aromatic N) is 4. The number of fused-ring (bicyclic) bond motifs is 1. The van der Waals surface area contributed by atoms with Crippen molar-refractivity contribution in [1.82, 2.24) is 4.90 Å². The molecule has 0 saturated heterocycles. The minimum Gasteiger partial charge on any atom is -0.300 e. The van der Waals surface area contributed by atoms with Crippen LogP contribution in [-0.4, -0.2) is 47.1 Å². The highest BCUT2D eigenvalue weighted by Gasteiger charge is 2.35. The number of hydrogen-bond acceptors (Lipinski definition) is 5. The SMILES string of the molecule is CC(=O)CCCCN1C(=O)N=C2N=CN=C2C1=O. The Labute approximate surface area is 103 Å². The van der Waals surface area contributed by atoms with E-state index in [4.69, 9.17) is 0 Å². The molecule has 0 spiro atoms. The first-order chi connectivity index (χ1) is 8.59. The number of carbonyl (C=O) groups is 3. The van der Waals surface area contributed by atoms with Crippen LogP contribution in [0.15, 0.2) is 15.0 Å². The van der Waals surface area contributed by atoms with Crippen LogP contribution in [0, 0.1) is 0 Å². The maximum absolute atomic E-state index is 11.9. The second-order valence-corrected chi connectivity index (χ2v) is 4.06. The van der Waals surface area contributed by atoms with Crippen LogP contribution in [0.4, 0.5) is 4.79 Å². The van der Waals surface area contributed by atoms with Gasteiger partial charge in [0.15, 0.2) is 11.5 Å². The summed E-state index contributed by atoms with van der Waals surface area (Å²) in [6, 6.07) is -0.615. The van der Waals surface area contributed by atoms with Crippen molar-refractivity contribution in [1.29, 1.82) is 0 Å². The van der Waals surface area contributed by atoms with Crippen molar-refractivity contribution in [3.05, 3.63) is 0 Å². The van der Waals surface area contributed by atoms with Gasteiger partial charge in [0.05, 0.1) is 0 Å². The fourth-order valence-electron chi connectivity index (χ4n) is 1.70. The fourth-order valence-corrected chi connectivity index (χ4v) is 1.70. The number of aliphatic imine (C=N–C) groups is 3. The standard InChI is InChI=1S/C11H12N4O3/c1-7(16)4-2-3-5-15-10(17)8-9(13-6-12-8)14-11(15)18/h6H,2-5H2,1H3. The van der Waals surface area contributed by atoms with Crippen LogP contribution >= 0.6 is 0 Å². The minimum absolute atomic E-state index is 0.0879. The number of unbranched alkanes of at least 4 members (excludes halogenated alkanes) is 1. The number of imide groups is 1. The molecule has 94 valence electrons. The Morgan fingerprint density at radius 3 is 2.83 bits per heavy atom. The molecule has 0 unspecified atom stereocenters. The Hall–Kier alpha value is -2.18. The maximum atomic E-state index is 11.9. The minimum atomic E-state index is -0.615. The summed E-state index contributed by atoms with van der Waals surface area (Å²) in [5.74, 6) is -0.282. The topological polar surface area (TPSA) is 91.5 Å². The van der Waals surface area contributed by atoms with Gasteiger partial charge < -0.3 is 4.79 Å². The van der Waals surface area contributed by atoms with Crippen molar-refractivity contribution in [2.24, 2.45) is 15.0 Å². The third kappa shape index (κ3) is 2.39. The molecule has 0 aliphatic carbocycles. The first-order valence-electron chi connectivity index (χ1n) is 5.64. The molecule has 0 atom stereocenters. The van der Waals surface area contributed by atoms with E-state index in [1.807, 2.05) is 0 Å². The van der Waals surface area contributed by atoms with E-state index in [0.29, 0.717) is 19.3 Å². The van der Waals surface area contributed by atoms with Crippen LogP contribution in [0.2, 0.25) is 0 Å². The summed E-state index contributed by atoms with van der Waals surface area (Å²) in [6.45, 7) is 1.76. The molecule has 0 aromatic rings. The van der Waals surface area contributed by atoms with Gasteiger partial charge in [-0.3, -0.25) is 9.69 Å². The van der Waals surface area contributed by atoms with Crippen LogP contribution in [0.25, 0.3) is 0 Å². The van der Waals surface area contributed by atoms with Gasteiger partial charge in [0.25, 0.3) is 5.91 Å². The molecular weight excluding hydrogens is 236 g/mol. The lowest BCUT2D eigenvalue weighted by Crippen LogP contribution is -2.46. The number of Topliss-reactive ketones (excluding diaryl/α,β-unsaturated/α-hetero) is 1. The molecule has 0 radical (unpaired) electrons. The van der Waals surface area contributed by atoms with E-state index in [9.17, 15) is 14.4 Å². The summed E-state index contributed by atoms with van der Waals surface area (Å²) >= 11 is 0. The predicted octanol–water partition coefficient (Wildman–Crippen LogP) is 0.589. The van der Waals surface area contributed by atoms with Gasteiger partial charge in [-0.2, -0.15) is 4.99 Å². The number of amides is 3. The number of rotatable bonds is 5. The van der Waals surface area contributed by atoms with Gasteiger partial charge in [0.2, 0.25) is 0 Å². The smallest absolute Gasteiger partial charge is 0.300 e. The zero-order chi connectivity index (χ0) is 13.1. The van der Waals surface area contributed by atoms with Crippen LogP contribution in [-0.2, 0) is 9.59 Å². The molecule has 7 heteroatoms. The number of carbonyl (C=O) groups excluding carboxylic acids is 3. The second-order valence-electron chi connectivity index (χ2n) is 4.06. The fraction of sp³-hybridized carbons (Fsp3) is 0.455. The van der Waals surface area contributed by atoms with E-state index >= 15 is 0 Å². The molecule has 0 fully saturated rings. The summed E-state index contributed by atoms with van der Waals surface area (Å²) in [5.41, 5.74) is 0.112. The zero-order valence-electron chi connectivity index (χ0n) is 9.92. The van der Waals surface area contributed by atoms with Gasteiger partial charge >= 0.3 is 6.03 Å². The first-order valence-corrected chi connectivity index (χ1v) is 5.64. The number of hydrogen-bond donors (Lipinski definition) is 0. The Morgan fingerprint density at radius 2 is 2.11 bits per heavy atom. The molecule has 2 aliphatic heterocycles. The molecule has 0 saturated carbocycles. The van der Waals surface area contributed by atoms with Crippen molar-refractivity contribution in [2.75, 3.05) is 6.54 Å². The van der Waals surface area contributed by atoms with Crippen molar-refractivity contribution in [3.63, 3.8) is 0 Å². The molecule has 0 aromatic heterocycles. The largest absolute Gasteiger partial charge is 0.352 e. The summed E-state index contributed by atoms with van der Waals surface area (Å²) in [6.07, 6.45) is 2.88. The van der Waals surface area contributed by atoms with Gasteiger partial charge in [0.1, 0.15) is 12.1 Å². The Balaban J connectivity index is 1.96. The number of amidine groups is 1. The van der Waals surface area contributed by atoms with Crippen LogP contribution < -0.4 is 0 Å². The molecule has 0 bridgehead atoms. The van der Waals surface area contributed by atoms with Crippen LogP contribution in [0.5, 0.6) is 0 Å². The summed E-state index contributed by atoms with van der Waals surface area (Å²) in [7, 11) is 0. The summed E-state index contributed by atoms with van der Waals surface area (Å²) in [4.78, 5) is 46.5. The molecule has 0 aromatic carbocycles.